The van der Waals surface area contributed by atoms with Gasteiger partial charge in [0, 0.05) is 5.92 Å². The van der Waals surface area contributed by atoms with Crippen LogP contribution in [0.2, 0.25) is 0 Å². The van der Waals surface area contributed by atoms with E-state index in [1.54, 1.807) is 6.92 Å². The van der Waals surface area contributed by atoms with Crippen molar-refractivity contribution in [3.05, 3.63) is 0 Å². The predicted octanol–water partition coefficient (Wildman–Crippen LogP) is 0.323. The molecule has 0 heterocycles. The minimum atomic E-state index is -1.37. The fourth-order valence-electron chi connectivity index (χ4n) is 0.981. The summed E-state index contributed by atoms with van der Waals surface area (Å²) in [5.41, 5.74) is 0. The van der Waals surface area contributed by atoms with E-state index in [4.69, 9.17) is 10.2 Å². The molecule has 3 N–H and O–H groups in total. The summed E-state index contributed by atoms with van der Waals surface area (Å²) in [5, 5.41) is 19.4. The van der Waals surface area contributed by atoms with Gasteiger partial charge in [-0.05, 0) is 5.92 Å². The van der Waals surface area contributed by atoms with E-state index in [0.29, 0.717) is 0 Å². The fraction of sp³-hybridized carbons (Fsp3) is 0.700. The molecule has 16 heavy (non-hydrogen) atoms. The SMILES string of the molecule is CC(C)C(C)C(=O)N[C@@H](CC(=O)O)C(=O)O. The summed E-state index contributed by atoms with van der Waals surface area (Å²) in [6, 6.07) is -1.37. The van der Waals surface area contributed by atoms with E-state index in [1.165, 1.54) is 0 Å². The van der Waals surface area contributed by atoms with E-state index in [-0.39, 0.29) is 11.8 Å². The largest absolute Gasteiger partial charge is 0.481 e. The molecule has 1 unspecified atom stereocenters. The van der Waals surface area contributed by atoms with Crippen LogP contribution in [-0.2, 0) is 14.4 Å². The van der Waals surface area contributed by atoms with Crippen LogP contribution in [0.25, 0.3) is 0 Å². The zero-order valence-corrected chi connectivity index (χ0v) is 9.56. The van der Waals surface area contributed by atoms with Gasteiger partial charge in [0.05, 0.1) is 6.42 Å². The summed E-state index contributed by atoms with van der Waals surface area (Å²) in [5.74, 6) is -3.32. The maximum atomic E-state index is 11.5. The molecule has 0 saturated heterocycles. The van der Waals surface area contributed by atoms with Crippen molar-refractivity contribution in [1.29, 1.82) is 0 Å². The first-order valence-corrected chi connectivity index (χ1v) is 5.00. The first-order valence-electron chi connectivity index (χ1n) is 5.00. The summed E-state index contributed by atoms with van der Waals surface area (Å²) in [6.45, 7) is 5.33. The number of hydrogen-bond acceptors (Lipinski definition) is 3. The van der Waals surface area contributed by atoms with Crippen LogP contribution in [0.4, 0.5) is 0 Å². The van der Waals surface area contributed by atoms with Gasteiger partial charge in [-0.15, -0.1) is 0 Å². The Bertz CT molecular complexity index is 287. The van der Waals surface area contributed by atoms with Gasteiger partial charge in [0.15, 0.2) is 0 Å². The van der Waals surface area contributed by atoms with Crippen LogP contribution in [0.5, 0.6) is 0 Å². The Morgan fingerprint density at radius 3 is 1.94 bits per heavy atom. The molecule has 0 saturated carbocycles. The Morgan fingerprint density at radius 1 is 1.12 bits per heavy atom. The molecule has 0 aromatic carbocycles. The average Bonchev–Trinajstić information content (AvgIpc) is 2.14. The zero-order chi connectivity index (χ0) is 12.9. The van der Waals surface area contributed by atoms with Crippen molar-refractivity contribution < 1.29 is 24.6 Å². The van der Waals surface area contributed by atoms with Crippen molar-refractivity contribution in [2.45, 2.75) is 33.2 Å². The molecule has 0 aromatic rings. The number of carboxylic acid groups (broad SMARTS) is 2. The molecule has 0 aromatic heterocycles. The highest BCUT2D eigenvalue weighted by Crippen LogP contribution is 2.10. The van der Waals surface area contributed by atoms with E-state index in [2.05, 4.69) is 5.32 Å². The molecule has 0 aliphatic carbocycles. The standard InChI is InChI=1S/C10H17NO5/c1-5(2)6(3)9(14)11-7(10(15)16)4-8(12)13/h5-7H,4H2,1-3H3,(H,11,14)(H,12,13)(H,15,16)/t6?,7-/m0/s1. The van der Waals surface area contributed by atoms with Crippen LogP contribution in [0.1, 0.15) is 27.2 Å². The molecule has 2 atom stereocenters. The highest BCUT2D eigenvalue weighted by molar-refractivity contribution is 5.87. The second kappa shape index (κ2) is 6.09. The molecular weight excluding hydrogens is 214 g/mol. The topological polar surface area (TPSA) is 104 Å². The second-order valence-corrected chi connectivity index (χ2v) is 4.03. The molecule has 0 aliphatic heterocycles. The molecule has 1 amide bonds. The fourth-order valence-corrected chi connectivity index (χ4v) is 0.981. The highest BCUT2D eigenvalue weighted by atomic mass is 16.4. The number of carbonyl (C=O) groups is 3. The van der Waals surface area contributed by atoms with Gasteiger partial charge in [-0.25, -0.2) is 4.79 Å². The van der Waals surface area contributed by atoms with Crippen LogP contribution in [-0.4, -0.2) is 34.1 Å². The van der Waals surface area contributed by atoms with Crippen molar-refractivity contribution in [1.82, 2.24) is 5.32 Å². The Kier molecular flexibility index (Phi) is 5.49. The first-order chi connectivity index (χ1) is 7.25. The molecule has 6 heteroatoms. The summed E-state index contributed by atoms with van der Waals surface area (Å²) < 4.78 is 0. The highest BCUT2D eigenvalue weighted by Gasteiger charge is 2.26. The molecule has 0 spiro atoms. The molecule has 0 fully saturated rings. The molecule has 92 valence electrons. The first kappa shape index (κ1) is 14.4. The van der Waals surface area contributed by atoms with E-state index in [1.807, 2.05) is 13.8 Å². The lowest BCUT2D eigenvalue weighted by molar-refractivity contribution is -0.147. The average molecular weight is 231 g/mol. The van der Waals surface area contributed by atoms with Crippen LogP contribution >= 0.6 is 0 Å². The van der Waals surface area contributed by atoms with Gasteiger partial charge in [0.25, 0.3) is 0 Å². The number of rotatable bonds is 6. The van der Waals surface area contributed by atoms with Crippen molar-refractivity contribution in [3.63, 3.8) is 0 Å². The van der Waals surface area contributed by atoms with E-state index in [9.17, 15) is 14.4 Å². The van der Waals surface area contributed by atoms with E-state index in [0.717, 1.165) is 0 Å². The van der Waals surface area contributed by atoms with Gasteiger partial charge in [-0.1, -0.05) is 20.8 Å². The molecule has 0 rings (SSSR count). The monoisotopic (exact) mass is 231 g/mol. The third kappa shape index (κ3) is 4.77. The van der Waals surface area contributed by atoms with Gasteiger partial charge in [-0.3, -0.25) is 9.59 Å². The van der Waals surface area contributed by atoms with Crippen LogP contribution in [0.3, 0.4) is 0 Å². The minimum absolute atomic E-state index is 0.0688. The lowest BCUT2D eigenvalue weighted by Gasteiger charge is -2.18. The van der Waals surface area contributed by atoms with Crippen LogP contribution in [0.15, 0.2) is 0 Å². The Hall–Kier alpha value is -1.59. The normalized spacial score (nSPS) is 14.2. The van der Waals surface area contributed by atoms with Crippen molar-refractivity contribution in [2.24, 2.45) is 11.8 Å². The van der Waals surface area contributed by atoms with Crippen molar-refractivity contribution in [2.75, 3.05) is 0 Å². The molecule has 0 aliphatic rings. The van der Waals surface area contributed by atoms with E-state index < -0.39 is 30.3 Å². The van der Waals surface area contributed by atoms with Gasteiger partial charge >= 0.3 is 11.9 Å². The number of carbonyl (C=O) groups excluding carboxylic acids is 1. The van der Waals surface area contributed by atoms with Crippen molar-refractivity contribution in [3.8, 4) is 0 Å². The van der Waals surface area contributed by atoms with Gasteiger partial charge in [0.2, 0.25) is 5.91 Å². The summed E-state index contributed by atoms with van der Waals surface area (Å²) in [6.07, 6.45) is -0.619. The lowest BCUT2D eigenvalue weighted by atomic mass is 9.97. The molecular formula is C10H17NO5. The summed E-state index contributed by atoms with van der Waals surface area (Å²) in [4.78, 5) is 32.6. The zero-order valence-electron chi connectivity index (χ0n) is 9.56. The third-order valence-electron chi connectivity index (χ3n) is 2.41. The Labute approximate surface area is 93.6 Å². The van der Waals surface area contributed by atoms with E-state index >= 15 is 0 Å². The lowest BCUT2D eigenvalue weighted by Crippen LogP contribution is -2.45. The number of nitrogens with one attached hydrogen (secondary N) is 1. The number of amides is 1. The smallest absolute Gasteiger partial charge is 0.326 e. The quantitative estimate of drug-likeness (QED) is 0.610. The third-order valence-corrected chi connectivity index (χ3v) is 2.41. The van der Waals surface area contributed by atoms with Gasteiger partial charge in [0.1, 0.15) is 6.04 Å². The molecule has 0 radical (unpaired) electrons. The Balaban J connectivity index is 4.46. The van der Waals surface area contributed by atoms with Crippen LogP contribution < -0.4 is 5.32 Å². The number of carboxylic acids is 2. The number of hydrogen-bond donors (Lipinski definition) is 3. The van der Waals surface area contributed by atoms with Crippen LogP contribution in [0, 0.1) is 11.8 Å². The summed E-state index contributed by atoms with van der Waals surface area (Å²) in [7, 11) is 0. The number of aliphatic carboxylic acids is 2. The molecule has 6 nitrogen and oxygen atoms in total. The summed E-state index contributed by atoms with van der Waals surface area (Å²) >= 11 is 0. The Morgan fingerprint density at radius 2 is 1.62 bits per heavy atom. The van der Waals surface area contributed by atoms with Gasteiger partial charge in [-0.2, -0.15) is 0 Å². The minimum Gasteiger partial charge on any atom is -0.481 e. The van der Waals surface area contributed by atoms with Crippen molar-refractivity contribution >= 4 is 17.8 Å². The molecule has 0 bridgehead atoms. The predicted molar refractivity (Wildman–Crippen MR) is 55.8 cm³/mol. The maximum absolute atomic E-state index is 11.5. The van der Waals surface area contributed by atoms with Gasteiger partial charge < -0.3 is 15.5 Å². The maximum Gasteiger partial charge on any atom is 0.326 e. The second-order valence-electron chi connectivity index (χ2n) is 4.03.